The number of rotatable bonds is 7. The summed E-state index contributed by atoms with van der Waals surface area (Å²) in [4.78, 5) is 18.1. The van der Waals surface area contributed by atoms with E-state index in [0.717, 1.165) is 5.56 Å². The van der Waals surface area contributed by atoms with Gasteiger partial charge in [0.05, 0.1) is 6.61 Å². The molecule has 1 heterocycles. The van der Waals surface area contributed by atoms with Crippen molar-refractivity contribution < 1.29 is 18.8 Å². The van der Waals surface area contributed by atoms with Crippen LogP contribution in [0.5, 0.6) is 0 Å². The number of aliphatic hydroxyl groups excluding tert-OH is 1. The van der Waals surface area contributed by atoms with Crippen molar-refractivity contribution in [2.75, 3.05) is 13.2 Å². The van der Waals surface area contributed by atoms with Gasteiger partial charge in [0, 0.05) is 13.1 Å². The summed E-state index contributed by atoms with van der Waals surface area (Å²) in [6.07, 6.45) is 0.580. The summed E-state index contributed by atoms with van der Waals surface area (Å²) in [5.74, 6) is 0.500. The number of carbonyl (C=O) groups is 1. The van der Waals surface area contributed by atoms with E-state index in [0.29, 0.717) is 18.1 Å². The quantitative estimate of drug-likeness (QED) is 0.808. The van der Waals surface area contributed by atoms with E-state index in [2.05, 4.69) is 15.5 Å². The topological polar surface area (TPSA) is 91.5 Å². The van der Waals surface area contributed by atoms with Crippen LogP contribution in [0.3, 0.4) is 0 Å². The number of hydrogen-bond acceptors (Lipinski definition) is 5. The molecule has 0 aliphatic rings. The predicted molar refractivity (Wildman–Crippen MR) is 84.5 cm³/mol. The summed E-state index contributed by atoms with van der Waals surface area (Å²) in [6.45, 7) is 3.83. The number of aromatic nitrogens is 2. The fourth-order valence-corrected chi connectivity index (χ4v) is 2.22. The Bertz CT molecular complexity index is 660. The number of aryl methyl sites for hydroxylation is 1. The van der Waals surface area contributed by atoms with Crippen LogP contribution in [0, 0.1) is 12.7 Å². The Morgan fingerprint density at radius 2 is 2.12 bits per heavy atom. The van der Waals surface area contributed by atoms with E-state index in [1.54, 1.807) is 19.1 Å². The van der Waals surface area contributed by atoms with E-state index in [-0.39, 0.29) is 31.5 Å². The molecule has 1 aromatic heterocycles. The van der Waals surface area contributed by atoms with Gasteiger partial charge in [0.1, 0.15) is 11.9 Å². The Morgan fingerprint density at radius 3 is 2.67 bits per heavy atom. The van der Waals surface area contributed by atoms with Gasteiger partial charge in [0.25, 0.3) is 0 Å². The van der Waals surface area contributed by atoms with Crippen LogP contribution < -0.4 is 5.32 Å². The van der Waals surface area contributed by atoms with Crippen LogP contribution in [0.4, 0.5) is 9.18 Å². The highest BCUT2D eigenvalue weighted by atomic mass is 19.1. The Balaban J connectivity index is 2.05. The average Bonchev–Trinajstić information content (AvgIpc) is 3.00. The second-order valence-corrected chi connectivity index (χ2v) is 5.36. The summed E-state index contributed by atoms with van der Waals surface area (Å²) in [6, 6.07) is 5.10. The number of carbonyl (C=O) groups excluding carboxylic acids is 1. The summed E-state index contributed by atoms with van der Waals surface area (Å²) >= 11 is 0. The van der Waals surface area contributed by atoms with Gasteiger partial charge in [-0.05, 0) is 31.0 Å². The first-order valence-corrected chi connectivity index (χ1v) is 7.74. The molecule has 0 radical (unpaired) electrons. The molecular formula is C16H21FN4O3. The number of nitrogens with one attached hydrogen (secondary N) is 1. The lowest BCUT2D eigenvalue weighted by Gasteiger charge is -2.24. The molecule has 0 spiro atoms. The molecule has 7 nitrogen and oxygen atoms in total. The van der Waals surface area contributed by atoms with E-state index in [1.165, 1.54) is 17.0 Å². The number of urea groups is 1. The number of hydrogen-bond donors (Lipinski definition) is 2. The zero-order valence-corrected chi connectivity index (χ0v) is 13.7. The van der Waals surface area contributed by atoms with E-state index < -0.39 is 6.04 Å². The third-order valence-corrected chi connectivity index (χ3v) is 3.49. The van der Waals surface area contributed by atoms with Crippen molar-refractivity contribution in [2.24, 2.45) is 0 Å². The first kappa shape index (κ1) is 17.9. The molecular weight excluding hydrogens is 315 g/mol. The summed E-state index contributed by atoms with van der Waals surface area (Å²) in [7, 11) is 0. The SMILES string of the molecule is CC[C@@H](NC(=O)N(CCO)Cc1ccc(F)cc1)c1nc(C)no1. The molecule has 0 bridgehead atoms. The zero-order chi connectivity index (χ0) is 17.5. The molecule has 2 amide bonds. The maximum Gasteiger partial charge on any atom is 0.318 e. The standard InChI is InChI=1S/C16H21FN4O3/c1-3-14(15-18-11(2)20-24-15)19-16(23)21(8-9-22)10-12-4-6-13(17)7-5-12/h4-7,14,22H,3,8-10H2,1-2H3,(H,19,23)/t14-/m1/s1. The molecule has 130 valence electrons. The number of nitrogens with zero attached hydrogens (tertiary/aromatic N) is 3. The monoisotopic (exact) mass is 336 g/mol. The van der Waals surface area contributed by atoms with Gasteiger partial charge in [-0.25, -0.2) is 9.18 Å². The molecule has 0 aliphatic carbocycles. The normalized spacial score (nSPS) is 12.0. The minimum Gasteiger partial charge on any atom is -0.395 e. The Kier molecular flexibility index (Phi) is 6.25. The Hall–Kier alpha value is -2.48. The fraction of sp³-hybridized carbons (Fsp3) is 0.438. The number of aliphatic hydroxyl groups is 1. The lowest BCUT2D eigenvalue weighted by molar-refractivity contribution is 0.168. The molecule has 8 heteroatoms. The molecule has 0 fully saturated rings. The van der Waals surface area contributed by atoms with E-state index >= 15 is 0 Å². The van der Waals surface area contributed by atoms with E-state index in [9.17, 15) is 14.3 Å². The first-order valence-electron chi connectivity index (χ1n) is 7.74. The third kappa shape index (κ3) is 4.76. The summed E-state index contributed by atoms with van der Waals surface area (Å²) in [5.41, 5.74) is 0.765. The molecule has 24 heavy (non-hydrogen) atoms. The zero-order valence-electron chi connectivity index (χ0n) is 13.7. The van der Waals surface area contributed by atoms with E-state index in [1.807, 2.05) is 6.92 Å². The number of halogens is 1. The minimum atomic E-state index is -0.409. The highest BCUT2D eigenvalue weighted by Gasteiger charge is 2.22. The van der Waals surface area contributed by atoms with Crippen molar-refractivity contribution in [3.8, 4) is 0 Å². The number of amides is 2. The molecule has 2 aromatic rings. The first-order chi connectivity index (χ1) is 11.5. The largest absolute Gasteiger partial charge is 0.395 e. The summed E-state index contributed by atoms with van der Waals surface area (Å²) in [5, 5.41) is 15.7. The van der Waals surface area contributed by atoms with Crippen LogP contribution in [0.25, 0.3) is 0 Å². The maximum atomic E-state index is 13.0. The van der Waals surface area contributed by atoms with Gasteiger partial charge >= 0.3 is 6.03 Å². The van der Waals surface area contributed by atoms with Crippen molar-refractivity contribution in [3.63, 3.8) is 0 Å². The van der Waals surface area contributed by atoms with Gasteiger partial charge in [-0.3, -0.25) is 0 Å². The van der Waals surface area contributed by atoms with Crippen LogP contribution in [-0.4, -0.2) is 39.3 Å². The van der Waals surface area contributed by atoms with Gasteiger partial charge in [0.2, 0.25) is 5.89 Å². The predicted octanol–water partition coefficient (Wildman–Crippen LogP) is 2.17. The van der Waals surface area contributed by atoms with Crippen LogP contribution in [0.15, 0.2) is 28.8 Å². The fourth-order valence-electron chi connectivity index (χ4n) is 2.22. The molecule has 0 saturated carbocycles. The van der Waals surface area contributed by atoms with Crippen LogP contribution in [0.1, 0.15) is 36.7 Å². The van der Waals surface area contributed by atoms with Gasteiger partial charge in [-0.1, -0.05) is 24.2 Å². The van der Waals surface area contributed by atoms with Gasteiger partial charge in [0.15, 0.2) is 5.82 Å². The van der Waals surface area contributed by atoms with Gasteiger partial charge in [-0.15, -0.1) is 0 Å². The average molecular weight is 336 g/mol. The van der Waals surface area contributed by atoms with Crippen LogP contribution >= 0.6 is 0 Å². The molecule has 1 aromatic carbocycles. The van der Waals surface area contributed by atoms with Crippen LogP contribution in [0.2, 0.25) is 0 Å². The summed E-state index contributed by atoms with van der Waals surface area (Å²) < 4.78 is 18.1. The van der Waals surface area contributed by atoms with Crippen molar-refractivity contribution in [2.45, 2.75) is 32.9 Å². The third-order valence-electron chi connectivity index (χ3n) is 3.49. The maximum absolute atomic E-state index is 13.0. The highest BCUT2D eigenvalue weighted by Crippen LogP contribution is 2.15. The van der Waals surface area contributed by atoms with E-state index in [4.69, 9.17) is 4.52 Å². The van der Waals surface area contributed by atoms with Crippen molar-refractivity contribution in [3.05, 3.63) is 47.4 Å². The minimum absolute atomic E-state index is 0.155. The van der Waals surface area contributed by atoms with Gasteiger partial charge < -0.3 is 19.8 Å². The highest BCUT2D eigenvalue weighted by molar-refractivity contribution is 5.74. The van der Waals surface area contributed by atoms with Crippen molar-refractivity contribution >= 4 is 6.03 Å². The molecule has 2 rings (SSSR count). The molecule has 2 N–H and O–H groups in total. The van der Waals surface area contributed by atoms with Crippen LogP contribution in [-0.2, 0) is 6.54 Å². The molecule has 0 aliphatic heterocycles. The van der Waals surface area contributed by atoms with Crippen molar-refractivity contribution in [1.29, 1.82) is 0 Å². The second kappa shape index (κ2) is 8.39. The lowest BCUT2D eigenvalue weighted by atomic mass is 10.2. The Morgan fingerprint density at radius 1 is 1.42 bits per heavy atom. The lowest BCUT2D eigenvalue weighted by Crippen LogP contribution is -2.42. The number of benzene rings is 1. The smallest absolute Gasteiger partial charge is 0.318 e. The second-order valence-electron chi connectivity index (χ2n) is 5.36. The van der Waals surface area contributed by atoms with Crippen molar-refractivity contribution in [1.82, 2.24) is 20.4 Å². The molecule has 1 atom stereocenters. The molecule has 0 saturated heterocycles. The molecule has 0 unspecified atom stereocenters. The van der Waals surface area contributed by atoms with Gasteiger partial charge in [-0.2, -0.15) is 4.98 Å². The Labute approximate surface area is 139 Å².